The van der Waals surface area contributed by atoms with Gasteiger partial charge in [0.05, 0.1) is 75.4 Å². The summed E-state index contributed by atoms with van der Waals surface area (Å²) < 4.78 is 50.5. The van der Waals surface area contributed by atoms with Crippen LogP contribution in [0.1, 0.15) is 27.8 Å². The molecule has 0 N–H and O–H groups in total. The Bertz CT molecular complexity index is 4150. The zero-order chi connectivity index (χ0) is 53.1. The van der Waals surface area contributed by atoms with Gasteiger partial charge in [-0.25, -0.2) is 9.69 Å². The van der Waals surface area contributed by atoms with E-state index < -0.39 is 11.7 Å². The third-order valence-electron chi connectivity index (χ3n) is 14.4. The van der Waals surface area contributed by atoms with Crippen molar-refractivity contribution in [1.82, 2.24) is 9.13 Å². The van der Waals surface area contributed by atoms with Gasteiger partial charge in [-0.3, -0.25) is 0 Å². The smallest absolute Gasteiger partial charge is 0.308 e. The number of benzene rings is 10. The second-order valence-electron chi connectivity index (χ2n) is 18.8. The highest BCUT2D eigenvalue weighted by molar-refractivity contribution is 6.13. The van der Waals surface area contributed by atoms with Crippen LogP contribution in [0.2, 0.25) is 0 Å². The molecule has 0 aliphatic rings. The van der Waals surface area contributed by atoms with Crippen LogP contribution in [0.25, 0.3) is 120 Å². The number of nitrogens with zero attached hydrogens (tertiary/aromatic N) is 7. The molecule has 7 nitrogen and oxygen atoms in total. The molecule has 0 unspecified atom stereocenters. The van der Waals surface area contributed by atoms with Crippen molar-refractivity contribution in [3.05, 3.63) is 251 Å². The van der Waals surface area contributed by atoms with Crippen LogP contribution in [-0.4, -0.2) is 9.13 Å². The van der Waals surface area contributed by atoms with Crippen LogP contribution in [0.15, 0.2) is 200 Å². The minimum atomic E-state index is -4.75. The molecular weight excluding hydrogens is 960 g/mol. The molecule has 2 heterocycles. The first-order chi connectivity index (χ1) is 37.5. The second-order valence-corrected chi connectivity index (χ2v) is 18.8. The van der Waals surface area contributed by atoms with E-state index >= 15 is 13.2 Å². The number of nitriles is 3. The molecule has 12 rings (SSSR count). The molecule has 10 aromatic carbocycles. The average molecular weight is 996 g/mol. The first kappa shape index (κ1) is 47.1. The van der Waals surface area contributed by atoms with E-state index in [0.717, 1.165) is 72.1 Å². The van der Waals surface area contributed by atoms with Crippen molar-refractivity contribution in [2.24, 2.45) is 0 Å². The Labute approximate surface area is 440 Å². The number of rotatable bonds is 7. The molecule has 0 fully saturated rings. The Kier molecular flexibility index (Phi) is 11.3. The van der Waals surface area contributed by atoms with Crippen molar-refractivity contribution in [3.63, 3.8) is 0 Å². The summed E-state index contributed by atoms with van der Waals surface area (Å²) in [5, 5.41) is 34.6. The third kappa shape index (κ3) is 8.06. The highest BCUT2D eigenvalue weighted by atomic mass is 19.4. The molecule has 12 aromatic rings. The summed E-state index contributed by atoms with van der Waals surface area (Å²) in [6.45, 7) is 16.8. The molecule has 0 amide bonds. The van der Waals surface area contributed by atoms with Gasteiger partial charge in [0, 0.05) is 21.5 Å². The Morgan fingerprint density at radius 3 is 1.05 bits per heavy atom. The molecule has 77 heavy (non-hydrogen) atoms. The average Bonchev–Trinajstić information content (AvgIpc) is 4.04. The first-order valence-corrected chi connectivity index (χ1v) is 24.4. The molecule has 0 spiro atoms. The van der Waals surface area contributed by atoms with Crippen molar-refractivity contribution in [1.29, 1.82) is 15.8 Å². The van der Waals surface area contributed by atoms with Gasteiger partial charge in [-0.15, -0.1) is 0 Å². The number of hydrogen-bond donors (Lipinski definition) is 0. The van der Waals surface area contributed by atoms with Gasteiger partial charge < -0.3 is 9.13 Å². The van der Waals surface area contributed by atoms with E-state index in [9.17, 15) is 15.8 Å². The first-order valence-electron chi connectivity index (χ1n) is 24.4. The monoisotopic (exact) mass is 995 g/mol. The van der Waals surface area contributed by atoms with Gasteiger partial charge in [0.2, 0.25) is 0 Å². The van der Waals surface area contributed by atoms with Crippen molar-refractivity contribution in [2.75, 3.05) is 0 Å². The fourth-order valence-electron chi connectivity index (χ4n) is 10.7. The van der Waals surface area contributed by atoms with Crippen LogP contribution in [-0.2, 0) is 6.18 Å². The van der Waals surface area contributed by atoms with Crippen LogP contribution in [0.4, 0.5) is 24.5 Å². The number of alkyl halides is 3. The lowest BCUT2D eigenvalue weighted by Gasteiger charge is -2.21. The molecule has 0 aliphatic carbocycles. The van der Waals surface area contributed by atoms with Gasteiger partial charge in [0.1, 0.15) is 11.6 Å². The Balaban J connectivity index is 1.24. The highest BCUT2D eigenvalue weighted by Crippen LogP contribution is 2.46. The molecule has 0 saturated heterocycles. The number of halogens is 3. The molecule has 360 valence electrons. The summed E-state index contributed by atoms with van der Waals surface area (Å²) in [7, 11) is 0. The van der Waals surface area contributed by atoms with Crippen LogP contribution in [0.3, 0.4) is 0 Å². The molecule has 0 radical (unpaired) electrons. The van der Waals surface area contributed by atoms with E-state index in [-0.39, 0.29) is 16.7 Å². The summed E-state index contributed by atoms with van der Waals surface area (Å²) in [5.41, 5.74) is 11.8. The van der Waals surface area contributed by atoms with E-state index in [1.54, 1.807) is 73.7 Å². The number of hydrogen-bond acceptors (Lipinski definition) is 3. The topological polar surface area (TPSA) is 89.9 Å². The largest absolute Gasteiger partial charge is 0.417 e. The van der Waals surface area contributed by atoms with Gasteiger partial charge >= 0.3 is 6.18 Å². The van der Waals surface area contributed by atoms with Crippen molar-refractivity contribution in [3.8, 4) is 85.2 Å². The summed E-state index contributed by atoms with van der Waals surface area (Å²) in [4.78, 5) is 7.17. The van der Waals surface area contributed by atoms with Crippen LogP contribution < -0.4 is 0 Å². The lowest BCUT2D eigenvalue weighted by atomic mass is 9.92. The number of aromatic nitrogens is 2. The van der Waals surface area contributed by atoms with Crippen LogP contribution in [0.5, 0.6) is 0 Å². The minimum Gasteiger partial charge on any atom is -0.308 e. The van der Waals surface area contributed by atoms with Gasteiger partial charge in [-0.1, -0.05) is 133 Å². The van der Waals surface area contributed by atoms with E-state index in [2.05, 4.69) is 27.9 Å². The van der Waals surface area contributed by atoms with E-state index in [4.69, 9.17) is 13.1 Å². The lowest BCUT2D eigenvalue weighted by Crippen LogP contribution is -2.10. The van der Waals surface area contributed by atoms with Crippen LogP contribution in [0, 0.1) is 54.1 Å². The maximum absolute atomic E-state index is 15.5. The molecule has 0 saturated carbocycles. The second kappa shape index (κ2) is 18.5. The zero-order valence-corrected chi connectivity index (χ0v) is 40.8. The Morgan fingerprint density at radius 1 is 0.403 bits per heavy atom. The van der Waals surface area contributed by atoms with Gasteiger partial charge in [0.15, 0.2) is 11.4 Å². The quantitative estimate of drug-likeness (QED) is 0.149. The summed E-state index contributed by atoms with van der Waals surface area (Å²) in [6.07, 6.45) is -4.75. The molecule has 0 bridgehead atoms. The Hall–Kier alpha value is -11.0. The van der Waals surface area contributed by atoms with Gasteiger partial charge in [0.25, 0.3) is 0 Å². The SMILES string of the molecule is [C-]#[N+]c1ccc(-c2ccc3c4ccc(-c5ccc(C#N)cc5)cc4n(-c4cc(-c5c(C)cccc5C(F)(F)F)cc(-n5c6cc(-c7ccc(C#N)cc7)ccc6c6ccc(-c7ccc([N+]#[C-])cc7)cc65)c4C#N)c3c2)cc1. The maximum Gasteiger partial charge on any atom is 0.417 e. The number of aryl methyl sites for hydroxylation is 1. The molecule has 2 aromatic heterocycles. The predicted molar refractivity (Wildman–Crippen MR) is 299 cm³/mol. The predicted octanol–water partition coefficient (Wildman–Crippen LogP) is 18.3. The van der Waals surface area contributed by atoms with E-state index in [1.165, 1.54) is 6.07 Å². The standard InChI is InChI=1S/C67H36F3N7/c1-40-5-4-6-59(67(68,69)70)66(40)51-35-64(76-60-31-47(43-11-7-41(37-71)8-12-43)19-27-54(60)56-29-21-49(33-62(56)76)45-15-23-52(74-2)24-16-45)58(39-73)65(36-51)77-61-32-48(44-13-9-42(38-72)10-14-44)20-28-55(61)57-30-22-50(34-63(57)77)46-17-25-53(75-3)26-18-46/h4-36H,1H3. The van der Waals surface area contributed by atoms with Gasteiger partial charge in [-0.2, -0.15) is 29.0 Å². The fourth-order valence-corrected chi connectivity index (χ4v) is 10.7. The summed E-state index contributed by atoms with van der Waals surface area (Å²) in [5.74, 6) is 0. The molecule has 10 heteroatoms. The zero-order valence-electron chi connectivity index (χ0n) is 40.8. The van der Waals surface area contributed by atoms with Crippen LogP contribution >= 0.6 is 0 Å². The normalized spacial score (nSPS) is 11.3. The fraction of sp³-hybridized carbons (Fsp3) is 0.0299. The van der Waals surface area contributed by atoms with E-state index in [1.807, 2.05) is 130 Å². The third-order valence-corrected chi connectivity index (χ3v) is 14.4. The Morgan fingerprint density at radius 2 is 0.740 bits per heavy atom. The highest BCUT2D eigenvalue weighted by Gasteiger charge is 2.35. The van der Waals surface area contributed by atoms with Crippen molar-refractivity contribution < 1.29 is 13.2 Å². The molecule has 0 aliphatic heterocycles. The van der Waals surface area contributed by atoms with Crippen molar-refractivity contribution >= 4 is 55.0 Å². The molecular formula is C67H36F3N7. The summed E-state index contributed by atoms with van der Waals surface area (Å²) >= 11 is 0. The van der Waals surface area contributed by atoms with Crippen molar-refractivity contribution in [2.45, 2.75) is 13.1 Å². The maximum atomic E-state index is 15.5. The lowest BCUT2D eigenvalue weighted by molar-refractivity contribution is -0.137. The number of fused-ring (bicyclic) bond motifs is 6. The van der Waals surface area contributed by atoms with Gasteiger partial charge in [-0.05, 0) is 135 Å². The van der Waals surface area contributed by atoms with E-state index in [0.29, 0.717) is 61.5 Å². The molecule has 0 atom stereocenters. The summed E-state index contributed by atoms with van der Waals surface area (Å²) in [6, 6.07) is 67.6. The minimum absolute atomic E-state index is 0.0359.